The van der Waals surface area contributed by atoms with Crippen LogP contribution in [0.5, 0.6) is 0 Å². The molecular formula is C15H27ClN4O4S. The van der Waals surface area contributed by atoms with Gasteiger partial charge in [-0.1, -0.05) is 13.8 Å². The fraction of sp³-hybridized carbons (Fsp3) is 0.600. The number of nitro benzene ring substituents is 1. The molecule has 0 unspecified atom stereocenters. The summed E-state index contributed by atoms with van der Waals surface area (Å²) >= 11 is 0. The molecule has 0 aliphatic rings. The van der Waals surface area contributed by atoms with Crippen molar-refractivity contribution in [2.24, 2.45) is 0 Å². The second-order valence-electron chi connectivity index (χ2n) is 5.61. The standard InChI is InChI=1S/C15H26N4O4S.ClH/c1-5-18(6-2)24(22,23)15-12-13(19(20)21)8-9-14(15)16-10-7-11-17(3)4;/h8-9,12,16H,5-7,10-11H2,1-4H3;1H. The number of nitrogens with zero attached hydrogens (tertiary/aromatic N) is 3. The van der Waals surface area contributed by atoms with E-state index in [9.17, 15) is 18.5 Å². The van der Waals surface area contributed by atoms with Gasteiger partial charge in [0, 0.05) is 31.8 Å². The number of benzene rings is 1. The summed E-state index contributed by atoms with van der Waals surface area (Å²) in [7, 11) is 0.136. The number of halogens is 1. The van der Waals surface area contributed by atoms with E-state index < -0.39 is 14.9 Å². The summed E-state index contributed by atoms with van der Waals surface area (Å²) in [5.74, 6) is 0. The molecule has 8 nitrogen and oxygen atoms in total. The average Bonchev–Trinajstić information content (AvgIpc) is 2.52. The molecule has 0 fully saturated rings. The van der Waals surface area contributed by atoms with E-state index in [0.29, 0.717) is 25.3 Å². The fourth-order valence-electron chi connectivity index (χ4n) is 2.30. The van der Waals surface area contributed by atoms with Gasteiger partial charge in [0.2, 0.25) is 10.0 Å². The van der Waals surface area contributed by atoms with Crippen LogP contribution in [0.25, 0.3) is 0 Å². The number of hydrogen-bond donors (Lipinski definition) is 1. The normalized spacial score (nSPS) is 11.4. The Morgan fingerprint density at radius 2 is 1.80 bits per heavy atom. The van der Waals surface area contributed by atoms with Crippen LogP contribution in [-0.2, 0) is 10.0 Å². The molecule has 0 aromatic heterocycles. The predicted molar refractivity (Wildman–Crippen MR) is 102 cm³/mol. The summed E-state index contributed by atoms with van der Waals surface area (Å²) < 4.78 is 26.9. The first-order chi connectivity index (χ1) is 11.2. The highest BCUT2D eigenvalue weighted by atomic mass is 35.5. The summed E-state index contributed by atoms with van der Waals surface area (Å²) in [6.45, 7) is 5.53. The highest BCUT2D eigenvalue weighted by Gasteiger charge is 2.27. The molecule has 10 heteroatoms. The zero-order valence-corrected chi connectivity index (χ0v) is 16.7. The lowest BCUT2D eigenvalue weighted by molar-refractivity contribution is -0.385. The first-order valence-corrected chi connectivity index (χ1v) is 9.35. The van der Waals surface area contributed by atoms with E-state index in [1.807, 2.05) is 19.0 Å². The highest BCUT2D eigenvalue weighted by molar-refractivity contribution is 7.89. The maximum Gasteiger partial charge on any atom is 0.270 e. The summed E-state index contributed by atoms with van der Waals surface area (Å²) in [6.07, 6.45) is 0.828. The molecule has 144 valence electrons. The summed E-state index contributed by atoms with van der Waals surface area (Å²) in [5, 5.41) is 14.1. The molecule has 0 bridgehead atoms. The molecule has 0 saturated carbocycles. The van der Waals surface area contributed by atoms with Crippen LogP contribution < -0.4 is 5.32 Å². The molecule has 0 atom stereocenters. The molecular weight excluding hydrogens is 368 g/mol. The molecule has 0 amide bonds. The smallest absolute Gasteiger partial charge is 0.270 e. The van der Waals surface area contributed by atoms with Crippen LogP contribution in [0.4, 0.5) is 11.4 Å². The van der Waals surface area contributed by atoms with E-state index in [1.165, 1.54) is 16.4 Å². The number of hydrogen-bond acceptors (Lipinski definition) is 6. The maximum absolute atomic E-state index is 12.8. The molecule has 0 aliphatic carbocycles. The molecule has 1 N–H and O–H groups in total. The van der Waals surface area contributed by atoms with Crippen LogP contribution in [0.3, 0.4) is 0 Å². The van der Waals surface area contributed by atoms with Gasteiger partial charge in [0.05, 0.1) is 10.6 Å². The van der Waals surface area contributed by atoms with Gasteiger partial charge in [-0.25, -0.2) is 8.42 Å². The van der Waals surface area contributed by atoms with Gasteiger partial charge in [-0.05, 0) is 33.1 Å². The molecule has 1 rings (SSSR count). The molecule has 0 saturated heterocycles. The maximum atomic E-state index is 12.8. The van der Waals surface area contributed by atoms with Crippen LogP contribution in [0.2, 0.25) is 0 Å². The minimum atomic E-state index is -3.79. The number of anilines is 1. The lowest BCUT2D eigenvalue weighted by Crippen LogP contribution is -2.31. The molecule has 25 heavy (non-hydrogen) atoms. The molecule has 0 radical (unpaired) electrons. The van der Waals surface area contributed by atoms with Crippen molar-refractivity contribution >= 4 is 33.8 Å². The van der Waals surface area contributed by atoms with Crippen LogP contribution in [-0.4, -0.2) is 62.8 Å². The quantitative estimate of drug-likeness (QED) is 0.372. The van der Waals surface area contributed by atoms with E-state index in [-0.39, 0.29) is 23.0 Å². The zero-order chi connectivity index (χ0) is 18.3. The first kappa shape index (κ1) is 23.6. The van der Waals surface area contributed by atoms with Crippen LogP contribution in [0.15, 0.2) is 23.1 Å². The van der Waals surface area contributed by atoms with Crippen LogP contribution in [0, 0.1) is 10.1 Å². The molecule has 1 aromatic rings. The summed E-state index contributed by atoms with van der Waals surface area (Å²) in [6, 6.07) is 3.90. The van der Waals surface area contributed by atoms with Gasteiger partial charge < -0.3 is 10.2 Å². The monoisotopic (exact) mass is 394 g/mol. The molecule has 0 heterocycles. The van der Waals surface area contributed by atoms with Crippen LogP contribution >= 0.6 is 12.4 Å². The van der Waals surface area contributed by atoms with Gasteiger partial charge in [0.25, 0.3) is 5.69 Å². The third-order valence-corrected chi connectivity index (χ3v) is 5.69. The minimum absolute atomic E-state index is 0. The molecule has 1 aromatic carbocycles. The van der Waals surface area contributed by atoms with Crippen molar-refractivity contribution in [2.75, 3.05) is 45.6 Å². The minimum Gasteiger partial charge on any atom is -0.384 e. The first-order valence-electron chi connectivity index (χ1n) is 7.91. The van der Waals surface area contributed by atoms with Gasteiger partial charge in [-0.2, -0.15) is 4.31 Å². The Hall–Kier alpha value is -1.42. The van der Waals surface area contributed by atoms with Crippen molar-refractivity contribution in [3.8, 4) is 0 Å². The second kappa shape index (κ2) is 10.5. The van der Waals surface area contributed by atoms with Crippen molar-refractivity contribution in [2.45, 2.75) is 25.2 Å². The number of nitrogens with one attached hydrogen (secondary N) is 1. The second-order valence-corrected chi connectivity index (χ2v) is 7.52. The summed E-state index contributed by atoms with van der Waals surface area (Å²) in [5.41, 5.74) is 0.158. The van der Waals surface area contributed by atoms with Gasteiger partial charge >= 0.3 is 0 Å². The predicted octanol–water partition coefficient (Wildman–Crippen LogP) is 2.41. The highest BCUT2D eigenvalue weighted by Crippen LogP contribution is 2.29. The van der Waals surface area contributed by atoms with E-state index >= 15 is 0 Å². The van der Waals surface area contributed by atoms with E-state index in [2.05, 4.69) is 5.32 Å². The van der Waals surface area contributed by atoms with Crippen molar-refractivity contribution in [3.63, 3.8) is 0 Å². The Morgan fingerprint density at radius 1 is 1.20 bits per heavy atom. The van der Waals surface area contributed by atoms with Crippen LogP contribution in [0.1, 0.15) is 20.3 Å². The number of sulfonamides is 1. The van der Waals surface area contributed by atoms with Gasteiger partial charge in [-0.3, -0.25) is 10.1 Å². The SMILES string of the molecule is CCN(CC)S(=O)(=O)c1cc([N+](=O)[O-])ccc1NCCCN(C)C.Cl. The molecule has 0 aliphatic heterocycles. The topological polar surface area (TPSA) is 95.8 Å². The zero-order valence-electron chi connectivity index (χ0n) is 15.1. The van der Waals surface area contributed by atoms with E-state index in [1.54, 1.807) is 13.8 Å². The number of non-ortho nitro benzene ring substituents is 1. The Labute approximate surface area is 155 Å². The van der Waals surface area contributed by atoms with Gasteiger partial charge in [0.1, 0.15) is 4.90 Å². The largest absolute Gasteiger partial charge is 0.384 e. The fourth-order valence-corrected chi connectivity index (χ4v) is 3.95. The third kappa shape index (κ3) is 6.43. The lowest BCUT2D eigenvalue weighted by Gasteiger charge is -2.21. The Kier molecular flexibility index (Phi) is 9.95. The van der Waals surface area contributed by atoms with E-state index in [0.717, 1.165) is 19.0 Å². The Morgan fingerprint density at radius 3 is 2.28 bits per heavy atom. The van der Waals surface area contributed by atoms with Crippen molar-refractivity contribution in [1.29, 1.82) is 0 Å². The van der Waals surface area contributed by atoms with Gasteiger partial charge in [-0.15, -0.1) is 12.4 Å². The van der Waals surface area contributed by atoms with E-state index in [4.69, 9.17) is 0 Å². The van der Waals surface area contributed by atoms with Gasteiger partial charge in [0.15, 0.2) is 0 Å². The Balaban J connectivity index is 0.00000576. The number of rotatable bonds is 10. The van der Waals surface area contributed by atoms with Crippen molar-refractivity contribution in [1.82, 2.24) is 9.21 Å². The van der Waals surface area contributed by atoms with Crippen molar-refractivity contribution in [3.05, 3.63) is 28.3 Å². The third-order valence-electron chi connectivity index (χ3n) is 3.60. The summed E-state index contributed by atoms with van der Waals surface area (Å²) in [4.78, 5) is 12.4. The molecule has 0 spiro atoms. The average molecular weight is 395 g/mol. The van der Waals surface area contributed by atoms with Crippen molar-refractivity contribution < 1.29 is 13.3 Å². The number of nitro groups is 1. The lowest BCUT2D eigenvalue weighted by atomic mass is 10.2. The Bertz CT molecular complexity index is 663.